The second-order valence-electron chi connectivity index (χ2n) is 5.34. The topological polar surface area (TPSA) is 38.3 Å². The fourth-order valence-electron chi connectivity index (χ4n) is 3.29. The lowest BCUT2D eigenvalue weighted by molar-refractivity contribution is -0.132. The first-order chi connectivity index (χ1) is 8.90. The predicted molar refractivity (Wildman–Crippen MR) is 80.4 cm³/mol. The molecule has 0 radical (unpaired) electrons. The molecular weight excluding hydrogens is 326 g/mol. The molecule has 2 heterocycles. The molecule has 2 bridgehead atoms. The van der Waals surface area contributed by atoms with Gasteiger partial charge in [0.1, 0.15) is 11.5 Å². The van der Waals surface area contributed by atoms with E-state index in [4.69, 9.17) is 17.0 Å². The summed E-state index contributed by atoms with van der Waals surface area (Å²) in [6, 6.07) is 5.92. The zero-order valence-electron chi connectivity index (χ0n) is 10.7. The van der Waals surface area contributed by atoms with Crippen LogP contribution < -0.4 is 10.1 Å². The van der Waals surface area contributed by atoms with Crippen LogP contribution in [-0.2, 0) is 4.79 Å². The third-order valence-electron chi connectivity index (χ3n) is 3.92. The molecule has 3 rings (SSSR count). The molecule has 2 aliphatic heterocycles. The molecule has 1 N–H and O–H groups in total. The largest absolute Gasteiger partial charge is 0.467 e. The summed E-state index contributed by atoms with van der Waals surface area (Å²) in [4.78, 5) is 12.8. The van der Waals surface area contributed by atoms with Gasteiger partial charge in [-0.1, -0.05) is 28.1 Å². The lowest BCUT2D eigenvalue weighted by atomic mass is 9.71. The van der Waals surface area contributed by atoms with Gasteiger partial charge in [-0.3, -0.25) is 4.79 Å². The number of halogens is 1. The van der Waals surface area contributed by atoms with Crippen LogP contribution in [0, 0.1) is 5.92 Å². The molecule has 3 unspecified atom stereocenters. The summed E-state index contributed by atoms with van der Waals surface area (Å²) in [7, 11) is 0. The number of hydrogen-bond donors (Lipinski definition) is 1. The maximum Gasteiger partial charge on any atom is 0.188 e. The normalized spacial score (nSPS) is 32.1. The fourth-order valence-corrected chi connectivity index (χ4v) is 4.05. The van der Waals surface area contributed by atoms with E-state index in [1.165, 1.54) is 0 Å². The Morgan fingerprint density at radius 2 is 2.32 bits per heavy atom. The van der Waals surface area contributed by atoms with E-state index in [2.05, 4.69) is 21.2 Å². The number of thiocarbonyl (C=S) groups is 1. The Balaban J connectivity index is 2.18. The van der Waals surface area contributed by atoms with E-state index >= 15 is 0 Å². The van der Waals surface area contributed by atoms with Crippen molar-refractivity contribution in [3.05, 3.63) is 28.2 Å². The molecule has 100 valence electrons. The molecule has 3 nitrogen and oxygen atoms in total. The van der Waals surface area contributed by atoms with Crippen molar-refractivity contribution in [1.29, 1.82) is 0 Å². The van der Waals surface area contributed by atoms with E-state index in [1.54, 1.807) is 6.92 Å². The average Bonchev–Trinajstić information content (AvgIpc) is 2.28. The van der Waals surface area contributed by atoms with Gasteiger partial charge in [0.15, 0.2) is 5.72 Å². The third kappa shape index (κ3) is 1.99. The molecule has 19 heavy (non-hydrogen) atoms. The zero-order chi connectivity index (χ0) is 13.8. The van der Waals surface area contributed by atoms with Crippen molar-refractivity contribution < 1.29 is 9.53 Å². The first-order valence-corrected chi connectivity index (χ1v) is 7.41. The highest BCUT2D eigenvalue weighted by molar-refractivity contribution is 9.10. The van der Waals surface area contributed by atoms with Crippen LogP contribution in [-0.4, -0.2) is 16.5 Å². The van der Waals surface area contributed by atoms with Gasteiger partial charge in [-0.15, -0.1) is 0 Å². The van der Waals surface area contributed by atoms with Crippen molar-refractivity contribution in [2.45, 2.75) is 31.9 Å². The molecule has 5 heteroatoms. The number of nitrogens with one attached hydrogen (secondary N) is 1. The van der Waals surface area contributed by atoms with E-state index in [0.717, 1.165) is 20.8 Å². The number of ether oxygens (including phenoxy) is 1. The molecular formula is C14H14BrNO2S. The van der Waals surface area contributed by atoms with Gasteiger partial charge in [0.25, 0.3) is 0 Å². The summed E-state index contributed by atoms with van der Waals surface area (Å²) >= 11 is 8.80. The number of piperidine rings is 1. The molecule has 0 aromatic heterocycles. The molecule has 1 saturated heterocycles. The van der Waals surface area contributed by atoms with Crippen LogP contribution in [0.3, 0.4) is 0 Å². The maximum atomic E-state index is 12.0. The Bertz CT molecular complexity index is 589. The minimum atomic E-state index is -0.730. The van der Waals surface area contributed by atoms with Crippen molar-refractivity contribution in [3.8, 4) is 5.75 Å². The number of Topliss-reactive ketones (excluding diaryl/α,β-unsaturated/α-hetero) is 1. The lowest BCUT2D eigenvalue weighted by Crippen LogP contribution is -2.64. The van der Waals surface area contributed by atoms with Crippen LogP contribution in [0.15, 0.2) is 22.7 Å². The van der Waals surface area contributed by atoms with E-state index in [0.29, 0.717) is 6.42 Å². The quantitative estimate of drug-likeness (QED) is 0.797. The van der Waals surface area contributed by atoms with Crippen LogP contribution in [0.25, 0.3) is 0 Å². The van der Waals surface area contributed by atoms with Gasteiger partial charge in [-0.05, 0) is 37.6 Å². The number of rotatable bonds is 1. The summed E-state index contributed by atoms with van der Waals surface area (Å²) in [6.07, 6.45) is 0.696. The fraction of sp³-hybridized carbons (Fsp3) is 0.429. The Kier molecular flexibility index (Phi) is 2.94. The molecule has 1 aromatic carbocycles. The van der Waals surface area contributed by atoms with Crippen molar-refractivity contribution in [1.82, 2.24) is 5.32 Å². The van der Waals surface area contributed by atoms with Crippen molar-refractivity contribution in [2.24, 2.45) is 5.92 Å². The van der Waals surface area contributed by atoms with E-state index in [-0.39, 0.29) is 17.6 Å². The molecule has 0 amide bonds. The average molecular weight is 340 g/mol. The molecule has 0 spiro atoms. The number of benzene rings is 1. The van der Waals surface area contributed by atoms with Gasteiger partial charge in [-0.2, -0.15) is 0 Å². The van der Waals surface area contributed by atoms with Crippen molar-refractivity contribution >= 4 is 38.9 Å². The molecule has 1 fully saturated rings. The van der Waals surface area contributed by atoms with Gasteiger partial charge >= 0.3 is 0 Å². The first-order valence-electron chi connectivity index (χ1n) is 6.20. The summed E-state index contributed by atoms with van der Waals surface area (Å²) in [5.74, 6) is 0.856. The Morgan fingerprint density at radius 1 is 1.58 bits per heavy atom. The molecule has 2 aliphatic rings. The van der Waals surface area contributed by atoms with Gasteiger partial charge in [0.05, 0.1) is 10.9 Å². The maximum absolute atomic E-state index is 12.0. The van der Waals surface area contributed by atoms with Gasteiger partial charge in [-0.25, -0.2) is 0 Å². The highest BCUT2D eigenvalue weighted by Gasteiger charge is 2.53. The predicted octanol–water partition coefficient (Wildman–Crippen LogP) is 3.17. The second-order valence-corrected chi connectivity index (χ2v) is 6.75. The standard InChI is InChI=1S/C14H14BrNO2S/c1-7(17)13-10-6-12(19)16-14(13,2)18-11-4-3-8(15)5-9(10)11/h3-5,10,13H,6H2,1-2H3,(H,16,19). The highest BCUT2D eigenvalue weighted by Crippen LogP contribution is 2.49. The minimum absolute atomic E-state index is 0.0949. The molecule has 0 aliphatic carbocycles. The molecule has 3 atom stereocenters. The Hall–Kier alpha value is -0.940. The molecule has 1 aromatic rings. The third-order valence-corrected chi connectivity index (χ3v) is 4.68. The van der Waals surface area contributed by atoms with E-state index in [9.17, 15) is 4.79 Å². The Morgan fingerprint density at radius 3 is 3.00 bits per heavy atom. The smallest absolute Gasteiger partial charge is 0.188 e. The van der Waals surface area contributed by atoms with Crippen molar-refractivity contribution in [2.75, 3.05) is 0 Å². The summed E-state index contributed by atoms with van der Waals surface area (Å²) in [6.45, 7) is 3.53. The number of ketones is 1. The van der Waals surface area contributed by atoms with Gasteiger partial charge < -0.3 is 10.1 Å². The SMILES string of the molecule is CC(=O)C1C2CC(=S)NC1(C)Oc1ccc(Br)cc12. The lowest BCUT2D eigenvalue weighted by Gasteiger charge is -2.50. The number of hydrogen-bond acceptors (Lipinski definition) is 3. The molecule has 0 saturated carbocycles. The van der Waals surface area contributed by atoms with E-state index in [1.807, 2.05) is 25.1 Å². The van der Waals surface area contributed by atoms with Crippen LogP contribution in [0.1, 0.15) is 31.7 Å². The minimum Gasteiger partial charge on any atom is -0.467 e. The monoisotopic (exact) mass is 339 g/mol. The Labute approximate surface area is 125 Å². The number of fused-ring (bicyclic) bond motifs is 4. The van der Waals surface area contributed by atoms with Gasteiger partial charge in [0, 0.05) is 16.8 Å². The van der Waals surface area contributed by atoms with Crippen LogP contribution in [0.2, 0.25) is 0 Å². The summed E-state index contributed by atoms with van der Waals surface area (Å²) in [5, 5.41) is 3.19. The summed E-state index contributed by atoms with van der Waals surface area (Å²) in [5.41, 5.74) is 0.336. The number of carbonyl (C=O) groups is 1. The van der Waals surface area contributed by atoms with Crippen LogP contribution in [0.5, 0.6) is 5.75 Å². The highest BCUT2D eigenvalue weighted by atomic mass is 79.9. The first kappa shape index (κ1) is 13.1. The zero-order valence-corrected chi connectivity index (χ0v) is 13.1. The van der Waals surface area contributed by atoms with E-state index < -0.39 is 5.72 Å². The van der Waals surface area contributed by atoms with Crippen molar-refractivity contribution in [3.63, 3.8) is 0 Å². The van der Waals surface area contributed by atoms with Gasteiger partial charge in [0.2, 0.25) is 0 Å². The number of carbonyl (C=O) groups excluding carboxylic acids is 1. The second kappa shape index (κ2) is 4.28. The van der Waals surface area contributed by atoms with Crippen LogP contribution in [0.4, 0.5) is 0 Å². The summed E-state index contributed by atoms with van der Waals surface area (Å²) < 4.78 is 7.04. The van der Waals surface area contributed by atoms with Crippen LogP contribution >= 0.6 is 28.1 Å².